The summed E-state index contributed by atoms with van der Waals surface area (Å²) in [6.45, 7) is 2.23. The number of rotatable bonds is 5. The Kier molecular flexibility index (Phi) is 4.87. The van der Waals surface area contributed by atoms with Gasteiger partial charge in [-0.1, -0.05) is 18.9 Å². The number of allylic oxidation sites excluding steroid dienone is 1. The Hall–Kier alpha value is -1.68. The predicted octanol–water partition coefficient (Wildman–Crippen LogP) is 3.88. The van der Waals surface area contributed by atoms with Gasteiger partial charge in [0, 0.05) is 24.2 Å². The summed E-state index contributed by atoms with van der Waals surface area (Å²) in [5.41, 5.74) is 2.65. The van der Waals surface area contributed by atoms with E-state index in [1.807, 2.05) is 6.07 Å². The number of hydrogen-bond donors (Lipinski definition) is 1. The first-order chi connectivity index (χ1) is 12.7. The smallest absolute Gasteiger partial charge is 0.161 e. The van der Waals surface area contributed by atoms with Crippen LogP contribution in [0.2, 0.25) is 0 Å². The maximum absolute atomic E-state index is 10.3. The van der Waals surface area contributed by atoms with Gasteiger partial charge in [-0.3, -0.25) is 0 Å². The lowest BCUT2D eigenvalue weighted by Crippen LogP contribution is -2.35. The standard InChI is InChI=1S/C22H31NO3/c1-25-19-8-7-17(13-20(19)26-2)22-10-9-18(24)14-21(22)23(12-11-22)15-16-5-3-4-6-16/h7-8,13-14,16,18,24H,3-6,9-12,15H2,1-2H3/t18-,22-/m0/s1. The minimum absolute atomic E-state index is 0.0113. The second-order valence-electron chi connectivity index (χ2n) is 8.16. The van der Waals surface area contributed by atoms with Crippen LogP contribution in [-0.4, -0.2) is 43.4 Å². The first-order valence-electron chi connectivity index (χ1n) is 10.0. The van der Waals surface area contributed by atoms with Gasteiger partial charge < -0.3 is 19.5 Å². The van der Waals surface area contributed by atoms with Crippen LogP contribution in [-0.2, 0) is 5.41 Å². The van der Waals surface area contributed by atoms with Crippen molar-refractivity contribution < 1.29 is 14.6 Å². The van der Waals surface area contributed by atoms with Crippen molar-refractivity contribution in [3.8, 4) is 11.5 Å². The highest BCUT2D eigenvalue weighted by molar-refractivity contribution is 5.49. The van der Waals surface area contributed by atoms with Gasteiger partial charge in [-0.05, 0) is 61.8 Å². The van der Waals surface area contributed by atoms with Crippen LogP contribution in [0, 0.1) is 5.92 Å². The Morgan fingerprint density at radius 2 is 1.85 bits per heavy atom. The van der Waals surface area contributed by atoms with Gasteiger partial charge in [-0.25, -0.2) is 0 Å². The quantitative estimate of drug-likeness (QED) is 0.868. The van der Waals surface area contributed by atoms with E-state index in [1.165, 1.54) is 36.9 Å². The maximum atomic E-state index is 10.3. The van der Waals surface area contributed by atoms with Crippen LogP contribution in [0.15, 0.2) is 30.0 Å². The highest BCUT2D eigenvalue weighted by Gasteiger charge is 2.47. The molecule has 4 rings (SSSR count). The molecule has 0 radical (unpaired) electrons. The zero-order valence-electron chi connectivity index (χ0n) is 16.0. The number of aliphatic hydroxyl groups is 1. The minimum atomic E-state index is -0.317. The third kappa shape index (κ3) is 2.98. The molecule has 2 atom stereocenters. The fourth-order valence-electron chi connectivity index (χ4n) is 5.32. The number of hydrogen-bond acceptors (Lipinski definition) is 4. The van der Waals surface area contributed by atoms with Crippen molar-refractivity contribution in [2.45, 2.75) is 56.5 Å². The molecule has 1 saturated carbocycles. The number of ether oxygens (including phenoxy) is 2. The highest BCUT2D eigenvalue weighted by atomic mass is 16.5. The number of likely N-dealkylation sites (tertiary alicyclic amines) is 1. The Balaban J connectivity index is 1.68. The van der Waals surface area contributed by atoms with E-state index in [9.17, 15) is 5.11 Å². The van der Waals surface area contributed by atoms with Crippen molar-refractivity contribution in [2.24, 2.45) is 5.92 Å². The van der Waals surface area contributed by atoms with Gasteiger partial charge >= 0.3 is 0 Å². The molecule has 1 saturated heterocycles. The number of nitrogens with zero attached hydrogens (tertiary/aromatic N) is 1. The molecule has 0 amide bonds. The molecule has 1 aromatic carbocycles. The molecule has 1 heterocycles. The molecule has 3 aliphatic rings. The van der Waals surface area contributed by atoms with Gasteiger partial charge in [-0.2, -0.15) is 0 Å². The van der Waals surface area contributed by atoms with Crippen LogP contribution >= 0.6 is 0 Å². The first-order valence-corrected chi connectivity index (χ1v) is 10.0. The van der Waals surface area contributed by atoms with Gasteiger partial charge in [-0.15, -0.1) is 0 Å². The van der Waals surface area contributed by atoms with E-state index in [-0.39, 0.29) is 11.5 Å². The zero-order chi connectivity index (χ0) is 18.1. The molecule has 142 valence electrons. The summed E-state index contributed by atoms with van der Waals surface area (Å²) < 4.78 is 11.0. The van der Waals surface area contributed by atoms with Crippen LogP contribution < -0.4 is 9.47 Å². The van der Waals surface area contributed by atoms with Gasteiger partial charge in [0.25, 0.3) is 0 Å². The van der Waals surface area contributed by atoms with Crippen molar-refractivity contribution in [1.29, 1.82) is 0 Å². The third-order valence-electron chi connectivity index (χ3n) is 6.75. The monoisotopic (exact) mass is 357 g/mol. The van der Waals surface area contributed by atoms with Crippen LogP contribution in [0.4, 0.5) is 0 Å². The van der Waals surface area contributed by atoms with E-state index in [0.717, 1.165) is 49.8 Å². The van der Waals surface area contributed by atoms with E-state index in [0.29, 0.717) is 0 Å². The minimum Gasteiger partial charge on any atom is -0.493 e. The van der Waals surface area contributed by atoms with Crippen molar-refractivity contribution in [3.63, 3.8) is 0 Å². The van der Waals surface area contributed by atoms with Crippen molar-refractivity contribution >= 4 is 0 Å². The van der Waals surface area contributed by atoms with E-state index in [1.54, 1.807) is 14.2 Å². The van der Waals surface area contributed by atoms with E-state index >= 15 is 0 Å². The molecule has 4 nitrogen and oxygen atoms in total. The molecule has 0 spiro atoms. The van der Waals surface area contributed by atoms with Gasteiger partial charge in [0.1, 0.15) is 0 Å². The molecule has 1 aromatic rings. The van der Waals surface area contributed by atoms with E-state index in [4.69, 9.17) is 9.47 Å². The lowest BCUT2D eigenvalue weighted by atomic mass is 9.70. The van der Waals surface area contributed by atoms with Gasteiger partial charge in [0.15, 0.2) is 11.5 Å². The molecule has 2 fully saturated rings. The molecule has 2 aliphatic carbocycles. The lowest BCUT2D eigenvalue weighted by Gasteiger charge is -2.38. The Morgan fingerprint density at radius 1 is 1.08 bits per heavy atom. The molecule has 0 bridgehead atoms. The summed E-state index contributed by atoms with van der Waals surface area (Å²) in [6.07, 6.45) is 10.2. The van der Waals surface area contributed by atoms with Crippen molar-refractivity contribution in [1.82, 2.24) is 4.90 Å². The summed E-state index contributed by atoms with van der Waals surface area (Å²) in [7, 11) is 3.37. The Morgan fingerprint density at radius 3 is 2.58 bits per heavy atom. The summed E-state index contributed by atoms with van der Waals surface area (Å²) in [5, 5.41) is 10.3. The maximum Gasteiger partial charge on any atom is 0.161 e. The fourth-order valence-corrected chi connectivity index (χ4v) is 5.32. The number of methoxy groups -OCH3 is 2. The number of benzene rings is 1. The number of aliphatic hydroxyl groups excluding tert-OH is 1. The number of fused-ring (bicyclic) bond motifs is 1. The topological polar surface area (TPSA) is 41.9 Å². The highest BCUT2D eigenvalue weighted by Crippen LogP contribution is 2.51. The van der Waals surface area contributed by atoms with Crippen molar-refractivity contribution in [2.75, 3.05) is 27.3 Å². The summed E-state index contributed by atoms with van der Waals surface area (Å²) in [6, 6.07) is 6.35. The zero-order valence-corrected chi connectivity index (χ0v) is 16.0. The Labute approximate surface area is 156 Å². The molecule has 1 aliphatic heterocycles. The first kappa shape index (κ1) is 17.7. The largest absolute Gasteiger partial charge is 0.493 e. The molecule has 0 unspecified atom stereocenters. The van der Waals surface area contributed by atoms with Gasteiger partial charge in [0.2, 0.25) is 0 Å². The normalized spacial score (nSPS) is 28.8. The summed E-state index contributed by atoms with van der Waals surface area (Å²) >= 11 is 0. The summed E-state index contributed by atoms with van der Waals surface area (Å²) in [4.78, 5) is 2.56. The summed E-state index contributed by atoms with van der Waals surface area (Å²) in [5.74, 6) is 2.38. The average molecular weight is 357 g/mol. The fraction of sp³-hybridized carbons (Fsp3) is 0.636. The average Bonchev–Trinajstić information content (AvgIpc) is 3.30. The van der Waals surface area contributed by atoms with E-state index < -0.39 is 0 Å². The van der Waals surface area contributed by atoms with E-state index in [2.05, 4.69) is 23.1 Å². The van der Waals surface area contributed by atoms with Crippen molar-refractivity contribution in [3.05, 3.63) is 35.5 Å². The lowest BCUT2D eigenvalue weighted by molar-refractivity contribution is 0.178. The molecule has 4 heteroatoms. The SMILES string of the molecule is COc1ccc([C@@]23CC[C@H](O)C=C2N(CC2CCCC2)CC3)cc1OC. The second-order valence-corrected chi connectivity index (χ2v) is 8.16. The van der Waals surface area contributed by atoms with Crippen LogP contribution in [0.5, 0.6) is 11.5 Å². The van der Waals surface area contributed by atoms with Crippen LogP contribution in [0.3, 0.4) is 0 Å². The molecule has 26 heavy (non-hydrogen) atoms. The third-order valence-corrected chi connectivity index (χ3v) is 6.75. The second kappa shape index (κ2) is 7.15. The Bertz CT molecular complexity index is 680. The molecular weight excluding hydrogens is 326 g/mol. The van der Waals surface area contributed by atoms with Crippen LogP contribution in [0.1, 0.15) is 50.5 Å². The molecular formula is C22H31NO3. The van der Waals surface area contributed by atoms with Crippen LogP contribution in [0.25, 0.3) is 0 Å². The predicted molar refractivity (Wildman–Crippen MR) is 103 cm³/mol. The molecule has 0 aromatic heterocycles. The van der Waals surface area contributed by atoms with Gasteiger partial charge in [0.05, 0.1) is 20.3 Å². The molecule has 1 N–H and O–H groups in total.